The summed E-state index contributed by atoms with van der Waals surface area (Å²) in [5, 5.41) is 10.4. The van der Waals surface area contributed by atoms with Crippen LogP contribution in [0.3, 0.4) is 0 Å². The molecule has 104 valence electrons. The van der Waals surface area contributed by atoms with Gasteiger partial charge < -0.3 is 10.0 Å². The Labute approximate surface area is 120 Å². The minimum absolute atomic E-state index is 0.0933. The quantitative estimate of drug-likeness (QED) is 0.919. The number of aromatic nitrogens is 2. The number of carboxylic acids is 1. The number of aliphatic carboxylic acids is 1. The second-order valence-electron chi connectivity index (χ2n) is 5.66. The number of rotatable bonds is 2. The third kappa shape index (κ3) is 1.57. The summed E-state index contributed by atoms with van der Waals surface area (Å²) in [6, 6.07) is 2.53. The Morgan fingerprint density at radius 2 is 2.30 bits per heavy atom. The van der Waals surface area contributed by atoms with Gasteiger partial charge in [0.2, 0.25) is 0 Å². The Kier molecular flexibility index (Phi) is 2.51. The summed E-state index contributed by atoms with van der Waals surface area (Å²) in [6.07, 6.45) is 4.37. The highest BCUT2D eigenvalue weighted by molar-refractivity contribution is 7.18. The molecule has 2 aliphatic rings. The first kappa shape index (κ1) is 12.1. The van der Waals surface area contributed by atoms with Gasteiger partial charge in [-0.3, -0.25) is 4.79 Å². The van der Waals surface area contributed by atoms with E-state index < -0.39 is 5.97 Å². The van der Waals surface area contributed by atoms with E-state index in [4.69, 9.17) is 0 Å². The highest BCUT2D eigenvalue weighted by Gasteiger charge is 2.50. The summed E-state index contributed by atoms with van der Waals surface area (Å²) in [6.45, 7) is 2.06. The highest BCUT2D eigenvalue weighted by atomic mass is 32.1. The molecule has 2 aromatic rings. The smallest absolute Gasteiger partial charge is 0.308 e. The lowest BCUT2D eigenvalue weighted by molar-refractivity contribution is -0.142. The van der Waals surface area contributed by atoms with Gasteiger partial charge in [0.25, 0.3) is 0 Å². The lowest BCUT2D eigenvalue weighted by Gasteiger charge is -2.24. The van der Waals surface area contributed by atoms with Crippen LogP contribution in [-0.4, -0.2) is 33.1 Å². The van der Waals surface area contributed by atoms with E-state index in [2.05, 4.69) is 27.9 Å². The van der Waals surface area contributed by atoms with Gasteiger partial charge in [0.15, 0.2) is 0 Å². The molecule has 3 atom stereocenters. The van der Waals surface area contributed by atoms with Crippen molar-refractivity contribution in [1.82, 2.24) is 9.97 Å². The van der Waals surface area contributed by atoms with Gasteiger partial charge in [-0.15, -0.1) is 11.3 Å². The zero-order valence-electron chi connectivity index (χ0n) is 11.1. The molecule has 2 aromatic heterocycles. The molecular weight excluding hydrogens is 274 g/mol. The Hall–Kier alpha value is -1.69. The van der Waals surface area contributed by atoms with E-state index in [1.807, 2.05) is 0 Å². The fraction of sp³-hybridized carbons (Fsp3) is 0.500. The molecule has 1 N–H and O–H groups in total. The molecular formula is C14H15N3O2S. The van der Waals surface area contributed by atoms with Crippen molar-refractivity contribution in [2.45, 2.75) is 38.3 Å². The fourth-order valence-corrected chi connectivity index (χ4v) is 4.60. The van der Waals surface area contributed by atoms with Gasteiger partial charge in [-0.25, -0.2) is 9.97 Å². The average molecular weight is 289 g/mol. The van der Waals surface area contributed by atoms with Crippen LogP contribution in [0.5, 0.6) is 0 Å². The van der Waals surface area contributed by atoms with E-state index in [0.717, 1.165) is 35.3 Å². The second-order valence-corrected chi connectivity index (χ2v) is 6.89. The summed E-state index contributed by atoms with van der Waals surface area (Å²) >= 11 is 1.66. The molecule has 2 fully saturated rings. The van der Waals surface area contributed by atoms with E-state index in [9.17, 15) is 9.90 Å². The monoisotopic (exact) mass is 289 g/mol. The molecule has 0 saturated carbocycles. The van der Waals surface area contributed by atoms with Crippen molar-refractivity contribution in [3.05, 3.63) is 17.3 Å². The van der Waals surface area contributed by atoms with Crippen LogP contribution >= 0.6 is 11.3 Å². The number of fused-ring (bicyclic) bond motifs is 3. The predicted octanol–water partition coefficient (Wildman–Crippen LogP) is 2.44. The van der Waals surface area contributed by atoms with E-state index in [1.165, 1.54) is 4.88 Å². The van der Waals surface area contributed by atoms with Crippen LogP contribution in [0.25, 0.3) is 10.2 Å². The molecule has 3 unspecified atom stereocenters. The van der Waals surface area contributed by atoms with Crippen LogP contribution in [0.4, 0.5) is 5.82 Å². The first-order valence-corrected chi connectivity index (χ1v) is 7.69. The zero-order chi connectivity index (χ0) is 13.9. The fourth-order valence-electron chi connectivity index (χ4n) is 3.75. The number of hydrogen-bond donors (Lipinski definition) is 1. The van der Waals surface area contributed by atoms with E-state index in [-0.39, 0.29) is 12.0 Å². The van der Waals surface area contributed by atoms with Gasteiger partial charge in [-0.05, 0) is 32.3 Å². The zero-order valence-corrected chi connectivity index (χ0v) is 11.9. The van der Waals surface area contributed by atoms with Crippen molar-refractivity contribution >= 4 is 33.3 Å². The Bertz CT molecular complexity index is 699. The molecule has 0 radical (unpaired) electrons. The third-order valence-electron chi connectivity index (χ3n) is 4.53. The lowest BCUT2D eigenvalue weighted by Crippen LogP contribution is -2.33. The van der Waals surface area contributed by atoms with Crippen LogP contribution in [0.15, 0.2) is 12.4 Å². The Morgan fingerprint density at radius 3 is 3.05 bits per heavy atom. The molecule has 4 rings (SSSR count). The molecule has 2 aliphatic heterocycles. The highest BCUT2D eigenvalue weighted by Crippen LogP contribution is 2.46. The van der Waals surface area contributed by atoms with Crippen LogP contribution in [0.2, 0.25) is 0 Å². The molecule has 6 heteroatoms. The largest absolute Gasteiger partial charge is 0.481 e. The summed E-state index contributed by atoms with van der Waals surface area (Å²) in [5.74, 6) is 0.00287. The van der Waals surface area contributed by atoms with Gasteiger partial charge in [-0.1, -0.05) is 0 Å². The van der Waals surface area contributed by atoms with Crippen LogP contribution in [0, 0.1) is 12.8 Å². The molecule has 2 bridgehead atoms. The SMILES string of the molecule is Cc1cc2c(N3C4CCC3C(C(=O)O)C4)ncnc2s1. The first-order valence-electron chi connectivity index (χ1n) is 6.87. The van der Waals surface area contributed by atoms with Gasteiger partial charge >= 0.3 is 5.97 Å². The molecule has 0 aromatic carbocycles. The van der Waals surface area contributed by atoms with E-state index in [1.54, 1.807) is 17.7 Å². The molecule has 0 amide bonds. The molecule has 2 saturated heterocycles. The van der Waals surface area contributed by atoms with Gasteiger partial charge in [0.05, 0.1) is 11.3 Å². The minimum atomic E-state index is -0.672. The van der Waals surface area contributed by atoms with Gasteiger partial charge in [-0.2, -0.15) is 0 Å². The number of thiophene rings is 1. The predicted molar refractivity (Wildman–Crippen MR) is 77.2 cm³/mol. The maximum Gasteiger partial charge on any atom is 0.308 e. The van der Waals surface area contributed by atoms with Crippen molar-refractivity contribution in [1.29, 1.82) is 0 Å². The van der Waals surface area contributed by atoms with Crippen molar-refractivity contribution in [2.75, 3.05) is 4.90 Å². The molecule has 5 nitrogen and oxygen atoms in total. The number of hydrogen-bond acceptors (Lipinski definition) is 5. The minimum Gasteiger partial charge on any atom is -0.481 e. The number of nitrogens with zero attached hydrogens (tertiary/aromatic N) is 3. The lowest BCUT2D eigenvalue weighted by atomic mass is 9.89. The topological polar surface area (TPSA) is 66.3 Å². The number of carbonyl (C=O) groups is 1. The molecule has 0 spiro atoms. The van der Waals surface area contributed by atoms with Crippen molar-refractivity contribution < 1.29 is 9.90 Å². The average Bonchev–Trinajstić information content (AvgIpc) is 3.08. The maximum atomic E-state index is 11.4. The molecule has 4 heterocycles. The number of anilines is 1. The van der Waals surface area contributed by atoms with Crippen LogP contribution < -0.4 is 4.90 Å². The number of carboxylic acid groups (broad SMARTS) is 1. The van der Waals surface area contributed by atoms with Crippen LogP contribution in [0.1, 0.15) is 24.1 Å². The van der Waals surface area contributed by atoms with Gasteiger partial charge in [0.1, 0.15) is 17.0 Å². The summed E-state index contributed by atoms with van der Waals surface area (Å²) in [5.41, 5.74) is 0. The second kappa shape index (κ2) is 4.15. The molecule has 0 aliphatic carbocycles. The molecule has 20 heavy (non-hydrogen) atoms. The van der Waals surface area contributed by atoms with Crippen LogP contribution in [-0.2, 0) is 4.79 Å². The number of aryl methyl sites for hydroxylation is 1. The summed E-state index contributed by atoms with van der Waals surface area (Å²) in [4.78, 5) is 24.6. The third-order valence-corrected chi connectivity index (χ3v) is 5.49. The van der Waals surface area contributed by atoms with E-state index >= 15 is 0 Å². The summed E-state index contributed by atoms with van der Waals surface area (Å²) < 4.78 is 0. The van der Waals surface area contributed by atoms with Crippen molar-refractivity contribution in [3.63, 3.8) is 0 Å². The van der Waals surface area contributed by atoms with Crippen molar-refractivity contribution in [3.8, 4) is 0 Å². The van der Waals surface area contributed by atoms with Crippen molar-refractivity contribution in [2.24, 2.45) is 5.92 Å². The van der Waals surface area contributed by atoms with Gasteiger partial charge in [0, 0.05) is 17.0 Å². The Balaban J connectivity index is 1.82. The van der Waals surface area contributed by atoms with E-state index in [0.29, 0.717) is 6.04 Å². The first-order chi connectivity index (χ1) is 9.65. The Morgan fingerprint density at radius 1 is 1.45 bits per heavy atom. The maximum absolute atomic E-state index is 11.4. The summed E-state index contributed by atoms with van der Waals surface area (Å²) in [7, 11) is 0. The standard InChI is InChI=1S/C14H15N3O2S/c1-7-4-10-12(15-6-16-13(10)20-7)17-8-2-3-11(17)9(5-8)14(18)19/h4,6,8-9,11H,2-3,5H2,1H3,(H,18,19). The normalized spacial score (nSPS) is 28.4.